The van der Waals surface area contributed by atoms with E-state index in [-0.39, 0.29) is 0 Å². The molecular formula is C13H11N5O. The third-order valence-corrected chi connectivity index (χ3v) is 2.56. The van der Waals surface area contributed by atoms with E-state index in [0.717, 1.165) is 5.56 Å². The van der Waals surface area contributed by atoms with Gasteiger partial charge in [-0.3, -0.25) is 0 Å². The van der Waals surface area contributed by atoms with Crippen LogP contribution in [0.3, 0.4) is 0 Å². The highest BCUT2D eigenvalue weighted by Crippen LogP contribution is 2.22. The first-order chi connectivity index (χ1) is 9.22. The molecule has 0 spiro atoms. The molecule has 2 aromatic heterocycles. The standard InChI is InChI=1S/C13H11N5O/c1-8-15-6-5-11(16-8)12-17-13(19-18-12)9-3-2-4-10(14)7-9/h2-7H,14H2,1H3. The molecule has 0 atom stereocenters. The summed E-state index contributed by atoms with van der Waals surface area (Å²) in [5.41, 5.74) is 7.78. The van der Waals surface area contributed by atoms with E-state index >= 15 is 0 Å². The van der Waals surface area contributed by atoms with Gasteiger partial charge in [-0.25, -0.2) is 9.97 Å². The third-order valence-electron chi connectivity index (χ3n) is 2.56. The van der Waals surface area contributed by atoms with Crippen LogP contribution in [0.25, 0.3) is 23.0 Å². The molecule has 0 fully saturated rings. The largest absolute Gasteiger partial charge is 0.399 e. The fraction of sp³-hybridized carbons (Fsp3) is 0.0769. The lowest BCUT2D eigenvalue weighted by Gasteiger charge is -1.95. The molecule has 1 aromatic carbocycles. The van der Waals surface area contributed by atoms with Crippen molar-refractivity contribution in [2.24, 2.45) is 0 Å². The summed E-state index contributed by atoms with van der Waals surface area (Å²) in [6, 6.07) is 9.01. The summed E-state index contributed by atoms with van der Waals surface area (Å²) < 4.78 is 5.22. The molecule has 0 radical (unpaired) electrons. The number of benzene rings is 1. The van der Waals surface area contributed by atoms with Crippen molar-refractivity contribution < 1.29 is 4.52 Å². The number of aryl methyl sites for hydroxylation is 1. The minimum absolute atomic E-state index is 0.415. The van der Waals surface area contributed by atoms with Crippen LogP contribution < -0.4 is 5.73 Å². The van der Waals surface area contributed by atoms with Gasteiger partial charge in [-0.15, -0.1) is 0 Å². The molecule has 3 rings (SSSR count). The monoisotopic (exact) mass is 253 g/mol. The molecule has 0 aliphatic carbocycles. The van der Waals surface area contributed by atoms with Gasteiger partial charge in [0.25, 0.3) is 5.89 Å². The Hall–Kier alpha value is -2.76. The second-order valence-corrected chi connectivity index (χ2v) is 4.04. The second-order valence-electron chi connectivity index (χ2n) is 4.04. The van der Waals surface area contributed by atoms with Crippen molar-refractivity contribution in [2.45, 2.75) is 6.92 Å². The Labute approximate surface area is 109 Å². The average Bonchev–Trinajstić information content (AvgIpc) is 2.88. The van der Waals surface area contributed by atoms with Gasteiger partial charge in [-0.05, 0) is 31.2 Å². The maximum atomic E-state index is 5.72. The molecule has 0 saturated heterocycles. The number of hydrogen-bond donors (Lipinski definition) is 1. The zero-order chi connectivity index (χ0) is 13.2. The minimum Gasteiger partial charge on any atom is -0.399 e. The molecule has 0 amide bonds. The van der Waals surface area contributed by atoms with Crippen LogP contribution in [-0.4, -0.2) is 20.1 Å². The highest BCUT2D eigenvalue weighted by atomic mass is 16.5. The summed E-state index contributed by atoms with van der Waals surface area (Å²) in [6.07, 6.45) is 1.66. The van der Waals surface area contributed by atoms with Gasteiger partial charge in [0.1, 0.15) is 11.5 Å². The predicted octanol–water partition coefficient (Wildman–Crippen LogP) is 2.08. The van der Waals surface area contributed by atoms with Crippen LogP contribution in [0.5, 0.6) is 0 Å². The van der Waals surface area contributed by atoms with E-state index in [2.05, 4.69) is 20.1 Å². The summed E-state index contributed by atoms with van der Waals surface area (Å²) >= 11 is 0. The van der Waals surface area contributed by atoms with Crippen LogP contribution in [0.1, 0.15) is 5.82 Å². The Kier molecular flexibility index (Phi) is 2.68. The summed E-state index contributed by atoms with van der Waals surface area (Å²) in [6.45, 7) is 1.81. The Balaban J connectivity index is 2.00. The van der Waals surface area contributed by atoms with Crippen molar-refractivity contribution in [3.8, 4) is 23.0 Å². The number of nitrogens with zero attached hydrogens (tertiary/aromatic N) is 4. The van der Waals surface area contributed by atoms with Crippen molar-refractivity contribution in [3.05, 3.63) is 42.4 Å². The lowest BCUT2D eigenvalue weighted by molar-refractivity contribution is 0.432. The smallest absolute Gasteiger partial charge is 0.258 e. The molecule has 94 valence electrons. The van der Waals surface area contributed by atoms with Crippen molar-refractivity contribution >= 4 is 5.69 Å². The molecule has 19 heavy (non-hydrogen) atoms. The first-order valence-corrected chi connectivity index (χ1v) is 5.72. The number of hydrogen-bond acceptors (Lipinski definition) is 6. The number of nitrogens with two attached hydrogens (primary N) is 1. The van der Waals surface area contributed by atoms with Gasteiger partial charge < -0.3 is 10.3 Å². The van der Waals surface area contributed by atoms with E-state index < -0.39 is 0 Å². The number of nitrogen functional groups attached to an aromatic ring is 1. The van der Waals surface area contributed by atoms with Crippen LogP contribution in [0.2, 0.25) is 0 Å². The fourth-order valence-corrected chi connectivity index (χ4v) is 1.70. The van der Waals surface area contributed by atoms with E-state index in [1.807, 2.05) is 19.1 Å². The van der Waals surface area contributed by atoms with Gasteiger partial charge in [-0.1, -0.05) is 11.2 Å². The third kappa shape index (κ3) is 2.28. The van der Waals surface area contributed by atoms with E-state index in [1.165, 1.54) is 0 Å². The number of anilines is 1. The summed E-state index contributed by atoms with van der Waals surface area (Å²) in [5, 5.41) is 3.92. The summed E-state index contributed by atoms with van der Waals surface area (Å²) in [5.74, 6) is 1.51. The fourth-order valence-electron chi connectivity index (χ4n) is 1.70. The van der Waals surface area contributed by atoms with E-state index in [9.17, 15) is 0 Å². The maximum Gasteiger partial charge on any atom is 0.258 e. The molecule has 6 heteroatoms. The summed E-state index contributed by atoms with van der Waals surface area (Å²) in [4.78, 5) is 12.6. The molecule has 0 aliphatic heterocycles. The zero-order valence-electron chi connectivity index (χ0n) is 10.2. The number of aromatic nitrogens is 4. The van der Waals surface area contributed by atoms with Crippen molar-refractivity contribution in [2.75, 3.05) is 5.73 Å². The van der Waals surface area contributed by atoms with Crippen LogP contribution in [0.15, 0.2) is 41.1 Å². The first-order valence-electron chi connectivity index (χ1n) is 5.72. The number of rotatable bonds is 2. The van der Waals surface area contributed by atoms with Crippen LogP contribution >= 0.6 is 0 Å². The van der Waals surface area contributed by atoms with Crippen molar-refractivity contribution in [1.82, 2.24) is 20.1 Å². The molecule has 2 heterocycles. The van der Waals surface area contributed by atoms with Gasteiger partial charge in [0, 0.05) is 17.4 Å². The lowest BCUT2D eigenvalue weighted by atomic mass is 10.2. The normalized spacial score (nSPS) is 10.6. The SMILES string of the molecule is Cc1nccc(-c2noc(-c3cccc(N)c3)n2)n1. The van der Waals surface area contributed by atoms with Crippen molar-refractivity contribution in [3.63, 3.8) is 0 Å². The molecule has 3 aromatic rings. The Morgan fingerprint density at radius 2 is 2.05 bits per heavy atom. The average molecular weight is 253 g/mol. The van der Waals surface area contributed by atoms with Gasteiger partial charge >= 0.3 is 0 Å². The molecule has 2 N–H and O–H groups in total. The van der Waals surface area contributed by atoms with Gasteiger partial charge in [-0.2, -0.15) is 4.98 Å². The van der Waals surface area contributed by atoms with Crippen LogP contribution in [-0.2, 0) is 0 Å². The van der Waals surface area contributed by atoms with Gasteiger partial charge in [0.05, 0.1) is 0 Å². The Morgan fingerprint density at radius 1 is 1.16 bits per heavy atom. The second kappa shape index (κ2) is 4.49. The maximum absolute atomic E-state index is 5.72. The molecule has 0 saturated carbocycles. The highest BCUT2D eigenvalue weighted by molar-refractivity contribution is 5.61. The zero-order valence-corrected chi connectivity index (χ0v) is 10.2. The lowest BCUT2D eigenvalue weighted by Crippen LogP contribution is -1.91. The van der Waals surface area contributed by atoms with E-state index in [1.54, 1.807) is 24.4 Å². The molecule has 6 nitrogen and oxygen atoms in total. The highest BCUT2D eigenvalue weighted by Gasteiger charge is 2.11. The Morgan fingerprint density at radius 3 is 2.84 bits per heavy atom. The molecule has 0 bridgehead atoms. The van der Waals surface area contributed by atoms with Gasteiger partial charge in [0.15, 0.2) is 0 Å². The molecule has 0 aliphatic rings. The Bertz CT molecular complexity index is 662. The minimum atomic E-state index is 0.415. The molecular weight excluding hydrogens is 242 g/mol. The van der Waals surface area contributed by atoms with Gasteiger partial charge in [0.2, 0.25) is 5.82 Å². The topological polar surface area (TPSA) is 90.7 Å². The van der Waals surface area contributed by atoms with Crippen LogP contribution in [0, 0.1) is 6.92 Å². The summed E-state index contributed by atoms with van der Waals surface area (Å²) in [7, 11) is 0. The van der Waals surface area contributed by atoms with Crippen LogP contribution in [0.4, 0.5) is 5.69 Å². The first kappa shape index (κ1) is 11.3. The van der Waals surface area contributed by atoms with E-state index in [0.29, 0.717) is 28.9 Å². The predicted molar refractivity (Wildman–Crippen MR) is 69.9 cm³/mol. The van der Waals surface area contributed by atoms with Crippen molar-refractivity contribution in [1.29, 1.82) is 0 Å². The quantitative estimate of drug-likeness (QED) is 0.703. The molecule has 0 unspecified atom stereocenters. The van der Waals surface area contributed by atoms with E-state index in [4.69, 9.17) is 10.3 Å².